The minimum Gasteiger partial charge on any atom is -0.411 e. The zero-order chi connectivity index (χ0) is 19.2. The monoisotopic (exact) mass is 379 g/mol. The third-order valence-electron chi connectivity index (χ3n) is 4.10. The molecule has 1 aromatic heterocycles. The number of nitro groups is 1. The Kier molecular flexibility index (Phi) is 5.83. The van der Waals surface area contributed by atoms with E-state index in [-0.39, 0.29) is 5.69 Å². The summed E-state index contributed by atoms with van der Waals surface area (Å²) in [4.78, 5) is 15.7. The first-order valence-electron chi connectivity index (χ1n) is 8.14. The average molecular weight is 379 g/mol. The van der Waals surface area contributed by atoms with Crippen molar-refractivity contribution in [2.24, 2.45) is 5.16 Å². The highest BCUT2D eigenvalue weighted by molar-refractivity contribution is 7.98. The molecule has 3 rings (SSSR count). The van der Waals surface area contributed by atoms with Crippen molar-refractivity contribution in [3.05, 3.63) is 87.7 Å². The van der Waals surface area contributed by atoms with Crippen molar-refractivity contribution in [1.82, 2.24) is 4.98 Å². The molecule has 1 N–H and O–H groups in total. The van der Waals surface area contributed by atoms with Gasteiger partial charge in [-0.2, -0.15) is 0 Å². The van der Waals surface area contributed by atoms with Gasteiger partial charge in [-0.15, -0.1) is 11.8 Å². The topological polar surface area (TPSA) is 88.6 Å². The Morgan fingerprint density at radius 3 is 2.63 bits per heavy atom. The second-order valence-corrected chi connectivity index (χ2v) is 6.67. The van der Waals surface area contributed by atoms with Crippen LogP contribution in [0.5, 0.6) is 0 Å². The molecule has 0 spiro atoms. The highest BCUT2D eigenvalue weighted by atomic mass is 32.2. The Morgan fingerprint density at radius 2 is 1.96 bits per heavy atom. The van der Waals surface area contributed by atoms with Crippen molar-refractivity contribution in [2.75, 3.05) is 6.26 Å². The van der Waals surface area contributed by atoms with Gasteiger partial charge in [-0.25, -0.2) is 0 Å². The van der Waals surface area contributed by atoms with Crippen LogP contribution in [0.4, 0.5) is 5.69 Å². The maximum Gasteiger partial charge on any atom is 0.270 e. The van der Waals surface area contributed by atoms with Crippen molar-refractivity contribution >= 4 is 23.7 Å². The van der Waals surface area contributed by atoms with E-state index in [0.29, 0.717) is 6.42 Å². The quantitative estimate of drug-likeness (QED) is 0.219. The summed E-state index contributed by atoms with van der Waals surface area (Å²) in [5.41, 5.74) is 4.52. The number of benzene rings is 2. The number of nitro benzene ring substituents is 1. The molecule has 0 saturated heterocycles. The molecular weight excluding hydrogens is 362 g/mol. The number of oxime groups is 1. The van der Waals surface area contributed by atoms with E-state index in [1.165, 1.54) is 24.0 Å². The Morgan fingerprint density at radius 1 is 1.19 bits per heavy atom. The standard InChI is InChI=1S/C20H17N3O3S/c1-27-20-17(13-22-24)10-15(9-14-5-7-21-8-6-14)11-19(20)16-3-2-4-18(12-16)23(25)26/h2-8,10-13,24H,9H2,1H3/b22-13+. The second-order valence-electron chi connectivity index (χ2n) is 5.85. The normalized spacial score (nSPS) is 11.0. The maximum absolute atomic E-state index is 11.2. The predicted molar refractivity (Wildman–Crippen MR) is 107 cm³/mol. The van der Waals surface area contributed by atoms with Gasteiger partial charge in [0.05, 0.1) is 11.1 Å². The molecule has 0 radical (unpaired) electrons. The fraction of sp³-hybridized carbons (Fsp3) is 0.100. The molecule has 136 valence electrons. The Balaban J connectivity index is 2.15. The van der Waals surface area contributed by atoms with E-state index in [1.807, 2.05) is 36.6 Å². The molecule has 0 saturated carbocycles. The molecule has 0 atom stereocenters. The SMILES string of the molecule is CSc1c(/C=N/O)cc(Cc2ccncc2)cc1-c1cccc([N+](=O)[O-])c1. The Labute approximate surface area is 160 Å². The largest absolute Gasteiger partial charge is 0.411 e. The van der Waals surface area contributed by atoms with Gasteiger partial charge in [-0.05, 0) is 59.2 Å². The molecule has 1 heterocycles. The van der Waals surface area contributed by atoms with Crippen LogP contribution >= 0.6 is 11.8 Å². The van der Waals surface area contributed by atoms with Gasteiger partial charge in [-0.1, -0.05) is 17.3 Å². The van der Waals surface area contributed by atoms with E-state index in [9.17, 15) is 10.1 Å². The third kappa shape index (κ3) is 4.32. The van der Waals surface area contributed by atoms with Gasteiger partial charge in [0, 0.05) is 35.0 Å². The number of hydrogen-bond acceptors (Lipinski definition) is 6. The summed E-state index contributed by atoms with van der Waals surface area (Å²) in [5.74, 6) is 0. The van der Waals surface area contributed by atoms with Gasteiger partial charge in [0.1, 0.15) is 0 Å². The van der Waals surface area contributed by atoms with Gasteiger partial charge >= 0.3 is 0 Å². The Bertz CT molecular complexity index is 991. The molecule has 27 heavy (non-hydrogen) atoms. The van der Waals surface area contributed by atoms with E-state index in [2.05, 4.69) is 10.1 Å². The zero-order valence-electron chi connectivity index (χ0n) is 14.6. The first-order valence-corrected chi connectivity index (χ1v) is 9.37. The van der Waals surface area contributed by atoms with E-state index in [1.54, 1.807) is 24.5 Å². The molecule has 0 aliphatic rings. The minimum absolute atomic E-state index is 0.0384. The number of rotatable bonds is 6. The lowest BCUT2D eigenvalue weighted by atomic mass is 9.96. The van der Waals surface area contributed by atoms with Gasteiger partial charge in [0.25, 0.3) is 5.69 Å². The molecule has 3 aromatic rings. The minimum atomic E-state index is -0.404. The lowest BCUT2D eigenvalue weighted by Crippen LogP contribution is -1.97. The number of pyridine rings is 1. The molecule has 0 unspecified atom stereocenters. The molecule has 2 aromatic carbocycles. The zero-order valence-corrected chi connectivity index (χ0v) is 15.4. The molecule has 6 nitrogen and oxygen atoms in total. The fourth-order valence-electron chi connectivity index (χ4n) is 2.94. The Hall–Kier alpha value is -3.19. The van der Waals surface area contributed by atoms with Crippen LogP contribution in [0, 0.1) is 10.1 Å². The number of aromatic nitrogens is 1. The first-order chi connectivity index (χ1) is 13.1. The van der Waals surface area contributed by atoms with Gasteiger partial charge < -0.3 is 5.21 Å². The highest BCUT2D eigenvalue weighted by Gasteiger charge is 2.14. The smallest absolute Gasteiger partial charge is 0.270 e. The molecule has 0 aliphatic carbocycles. The summed E-state index contributed by atoms with van der Waals surface area (Å²) in [7, 11) is 0. The predicted octanol–water partition coefficient (Wildman–Crippen LogP) is 4.78. The average Bonchev–Trinajstić information content (AvgIpc) is 2.69. The van der Waals surface area contributed by atoms with Crippen LogP contribution in [0.2, 0.25) is 0 Å². The van der Waals surface area contributed by atoms with Crippen LogP contribution in [0.15, 0.2) is 71.0 Å². The van der Waals surface area contributed by atoms with Crippen molar-refractivity contribution in [2.45, 2.75) is 11.3 Å². The molecule has 0 bridgehead atoms. The van der Waals surface area contributed by atoms with Gasteiger partial charge in [0.2, 0.25) is 0 Å². The first kappa shape index (κ1) is 18.6. The lowest BCUT2D eigenvalue weighted by Gasteiger charge is -2.14. The highest BCUT2D eigenvalue weighted by Crippen LogP contribution is 2.35. The second kappa shape index (κ2) is 8.46. The van der Waals surface area contributed by atoms with E-state index < -0.39 is 4.92 Å². The van der Waals surface area contributed by atoms with Crippen LogP contribution in [-0.4, -0.2) is 27.6 Å². The van der Waals surface area contributed by atoms with Crippen LogP contribution in [0.25, 0.3) is 11.1 Å². The molecule has 0 amide bonds. The molecule has 0 fully saturated rings. The lowest BCUT2D eigenvalue weighted by molar-refractivity contribution is -0.384. The summed E-state index contributed by atoms with van der Waals surface area (Å²) < 4.78 is 0. The summed E-state index contributed by atoms with van der Waals surface area (Å²) in [6.07, 6.45) is 7.47. The number of hydrogen-bond donors (Lipinski definition) is 1. The van der Waals surface area contributed by atoms with Crippen LogP contribution in [0.1, 0.15) is 16.7 Å². The summed E-state index contributed by atoms with van der Waals surface area (Å²) in [5, 5.41) is 23.4. The van der Waals surface area contributed by atoms with Gasteiger partial charge in [-0.3, -0.25) is 15.1 Å². The molecular formula is C20H17N3O3S. The van der Waals surface area contributed by atoms with Crippen LogP contribution < -0.4 is 0 Å². The number of non-ortho nitro benzene ring substituents is 1. The van der Waals surface area contributed by atoms with Crippen molar-refractivity contribution < 1.29 is 10.1 Å². The third-order valence-corrected chi connectivity index (χ3v) is 4.97. The molecule has 7 heteroatoms. The summed E-state index contributed by atoms with van der Waals surface area (Å²) in [6.45, 7) is 0. The number of thioether (sulfide) groups is 1. The number of nitrogens with zero attached hydrogens (tertiary/aromatic N) is 3. The van der Waals surface area contributed by atoms with E-state index in [0.717, 1.165) is 32.7 Å². The van der Waals surface area contributed by atoms with Crippen LogP contribution in [-0.2, 0) is 6.42 Å². The van der Waals surface area contributed by atoms with Crippen molar-refractivity contribution in [3.63, 3.8) is 0 Å². The molecule has 0 aliphatic heterocycles. The fourth-order valence-corrected chi connectivity index (χ4v) is 3.68. The summed E-state index contributed by atoms with van der Waals surface area (Å²) >= 11 is 1.50. The summed E-state index contributed by atoms with van der Waals surface area (Å²) in [6, 6.07) is 14.4. The van der Waals surface area contributed by atoms with Crippen molar-refractivity contribution in [3.8, 4) is 11.1 Å². The van der Waals surface area contributed by atoms with E-state index in [4.69, 9.17) is 5.21 Å². The van der Waals surface area contributed by atoms with Crippen molar-refractivity contribution in [1.29, 1.82) is 0 Å². The van der Waals surface area contributed by atoms with E-state index >= 15 is 0 Å². The van der Waals surface area contributed by atoms with Crippen LogP contribution in [0.3, 0.4) is 0 Å². The maximum atomic E-state index is 11.2. The van der Waals surface area contributed by atoms with Gasteiger partial charge in [0.15, 0.2) is 0 Å².